The average molecular weight is 741 g/mol. The zero-order valence-electron chi connectivity index (χ0n) is 36.6. The van der Waals surface area contributed by atoms with Gasteiger partial charge in [-0.15, -0.1) is 0 Å². The second-order valence-electron chi connectivity index (χ2n) is 19.1. The largest absolute Gasteiger partial charge is 0.496 e. The molecule has 0 N–H and O–H groups in total. The zero-order valence-corrected chi connectivity index (χ0v) is 36.6. The van der Waals surface area contributed by atoms with Gasteiger partial charge in [-0.1, -0.05) is 151 Å². The summed E-state index contributed by atoms with van der Waals surface area (Å²) in [5, 5.41) is 0. The highest BCUT2D eigenvalue weighted by Crippen LogP contribution is 2.52. The molecule has 8 bridgehead atoms. The van der Waals surface area contributed by atoms with Gasteiger partial charge >= 0.3 is 0 Å². The Morgan fingerprint density at radius 1 is 0.364 bits per heavy atom. The molecule has 0 unspecified atom stereocenters. The summed E-state index contributed by atoms with van der Waals surface area (Å²) < 4.78 is 26.0. The standard InChI is InChI=1S/C51H64O4/c1-29-34-22-26-38(50(10,11)12)42(46(34)54-18)31(3)43-39(51(13,14)15)27-23-35(47(43)55-19)30(2)41-37(49(7,8)9)25-21-33(45(41)53-17)28-32-20-24-36(48(4,5)6)40(29)44(32)52-16/h20-27H,1-3,28H2,4-19H3. The van der Waals surface area contributed by atoms with Crippen molar-refractivity contribution in [2.45, 2.75) is 111 Å². The van der Waals surface area contributed by atoms with Crippen LogP contribution in [0.15, 0.2) is 68.3 Å². The average Bonchev–Trinajstić information content (AvgIpc) is 3.09. The fourth-order valence-corrected chi connectivity index (χ4v) is 8.36. The molecule has 0 saturated heterocycles. The summed E-state index contributed by atoms with van der Waals surface area (Å²) in [6.07, 6.45) is 0.565. The summed E-state index contributed by atoms with van der Waals surface area (Å²) in [6, 6.07) is 17.6. The van der Waals surface area contributed by atoms with Crippen molar-refractivity contribution in [3.8, 4) is 23.0 Å². The van der Waals surface area contributed by atoms with E-state index in [0.29, 0.717) is 6.42 Å². The molecule has 55 heavy (non-hydrogen) atoms. The van der Waals surface area contributed by atoms with E-state index in [1.807, 2.05) is 0 Å². The van der Waals surface area contributed by atoms with Gasteiger partial charge in [0.15, 0.2) is 0 Å². The quantitative estimate of drug-likeness (QED) is 0.184. The summed E-state index contributed by atoms with van der Waals surface area (Å²) in [7, 11) is 7.01. The van der Waals surface area contributed by atoms with Crippen LogP contribution in [0.4, 0.5) is 0 Å². The summed E-state index contributed by atoms with van der Waals surface area (Å²) in [5.41, 5.74) is 13.6. The molecule has 0 heterocycles. The highest BCUT2D eigenvalue weighted by atomic mass is 16.5. The first-order valence-corrected chi connectivity index (χ1v) is 19.4. The van der Waals surface area contributed by atoms with Crippen molar-refractivity contribution in [3.63, 3.8) is 0 Å². The van der Waals surface area contributed by atoms with Crippen molar-refractivity contribution in [1.82, 2.24) is 0 Å². The van der Waals surface area contributed by atoms with Crippen molar-refractivity contribution in [1.29, 1.82) is 0 Å². The fourth-order valence-electron chi connectivity index (χ4n) is 8.36. The molecule has 1 aliphatic carbocycles. The molecule has 4 nitrogen and oxygen atoms in total. The molecule has 4 aromatic rings. The monoisotopic (exact) mass is 740 g/mol. The Labute approximate surface area is 332 Å². The van der Waals surface area contributed by atoms with Gasteiger partial charge in [0.2, 0.25) is 0 Å². The first kappa shape index (κ1) is 41.5. The van der Waals surface area contributed by atoms with Crippen LogP contribution in [0.1, 0.15) is 150 Å². The minimum Gasteiger partial charge on any atom is -0.496 e. The number of hydrogen-bond acceptors (Lipinski definition) is 4. The first-order valence-electron chi connectivity index (χ1n) is 19.4. The van der Waals surface area contributed by atoms with Gasteiger partial charge in [0.05, 0.1) is 28.4 Å². The van der Waals surface area contributed by atoms with E-state index in [2.05, 4.69) is 132 Å². The fraction of sp³-hybridized carbons (Fsp3) is 0.412. The number of rotatable bonds is 4. The molecular weight excluding hydrogens is 677 g/mol. The molecule has 1 aliphatic rings. The lowest BCUT2D eigenvalue weighted by Crippen LogP contribution is -2.20. The molecule has 5 rings (SSSR count). The summed E-state index contributed by atoms with van der Waals surface area (Å²) in [4.78, 5) is 0. The Kier molecular flexibility index (Phi) is 10.9. The normalized spacial score (nSPS) is 13.9. The summed E-state index contributed by atoms with van der Waals surface area (Å²) in [5.74, 6) is 3.01. The van der Waals surface area contributed by atoms with Gasteiger partial charge in [0, 0.05) is 39.8 Å². The second-order valence-corrected chi connectivity index (χ2v) is 19.1. The van der Waals surface area contributed by atoms with E-state index in [1.54, 1.807) is 28.4 Å². The number of hydrogen-bond donors (Lipinski definition) is 0. The Morgan fingerprint density at radius 2 is 0.618 bits per heavy atom. The Bertz CT molecular complexity index is 2050. The van der Waals surface area contributed by atoms with Crippen molar-refractivity contribution < 1.29 is 18.9 Å². The van der Waals surface area contributed by atoms with Crippen LogP contribution in [0.25, 0.3) is 16.7 Å². The highest BCUT2D eigenvalue weighted by Gasteiger charge is 2.35. The Hall–Kier alpha value is -4.70. The van der Waals surface area contributed by atoms with Crippen molar-refractivity contribution in [2.24, 2.45) is 0 Å². The topological polar surface area (TPSA) is 36.9 Å². The molecule has 0 spiro atoms. The van der Waals surface area contributed by atoms with Gasteiger partial charge in [0.1, 0.15) is 23.0 Å². The minimum atomic E-state index is -0.258. The smallest absolute Gasteiger partial charge is 0.134 e. The van der Waals surface area contributed by atoms with Gasteiger partial charge in [-0.25, -0.2) is 0 Å². The molecular formula is C51H64O4. The highest BCUT2D eigenvalue weighted by molar-refractivity contribution is 5.97. The molecule has 0 atom stereocenters. The predicted molar refractivity (Wildman–Crippen MR) is 234 cm³/mol. The lowest BCUT2D eigenvalue weighted by atomic mass is 9.73. The second kappa shape index (κ2) is 14.4. The lowest BCUT2D eigenvalue weighted by Gasteiger charge is -2.33. The summed E-state index contributed by atoms with van der Waals surface area (Å²) >= 11 is 0. The molecule has 0 aromatic heterocycles. The van der Waals surface area contributed by atoms with E-state index in [-0.39, 0.29) is 21.7 Å². The van der Waals surface area contributed by atoms with Gasteiger partial charge in [-0.2, -0.15) is 0 Å². The molecule has 0 fully saturated rings. The molecule has 4 heteroatoms. The lowest BCUT2D eigenvalue weighted by molar-refractivity contribution is 0.400. The van der Waals surface area contributed by atoms with E-state index in [9.17, 15) is 0 Å². The van der Waals surface area contributed by atoms with E-state index in [0.717, 1.165) is 106 Å². The first-order chi connectivity index (χ1) is 25.4. The van der Waals surface area contributed by atoms with Crippen molar-refractivity contribution in [3.05, 3.63) is 135 Å². The van der Waals surface area contributed by atoms with Gasteiger partial charge in [-0.05, 0) is 71.8 Å². The van der Waals surface area contributed by atoms with Crippen LogP contribution in [0.2, 0.25) is 0 Å². The van der Waals surface area contributed by atoms with Crippen LogP contribution in [-0.2, 0) is 28.1 Å². The van der Waals surface area contributed by atoms with Crippen molar-refractivity contribution in [2.75, 3.05) is 28.4 Å². The minimum absolute atomic E-state index is 0.220. The number of fused-ring (bicyclic) bond motifs is 8. The van der Waals surface area contributed by atoms with Crippen LogP contribution in [-0.4, -0.2) is 28.4 Å². The van der Waals surface area contributed by atoms with E-state index >= 15 is 0 Å². The van der Waals surface area contributed by atoms with Crippen molar-refractivity contribution >= 4 is 16.7 Å². The van der Waals surface area contributed by atoms with Crippen LogP contribution in [0.3, 0.4) is 0 Å². The van der Waals surface area contributed by atoms with Crippen LogP contribution in [0, 0.1) is 0 Å². The van der Waals surface area contributed by atoms with Gasteiger partial charge in [0.25, 0.3) is 0 Å². The Balaban J connectivity index is 2.11. The van der Waals surface area contributed by atoms with Crippen LogP contribution < -0.4 is 18.9 Å². The SMILES string of the molecule is C=C1c2ccc(C(C)(C)C)c(c2OC)C(=C)c2c(C(C)(C)C)ccc(c2OC)C(=C)c2c(C(C)(C)C)ccc(c2OC)Cc2ccc(C(C)(C)C)c1c2OC. The van der Waals surface area contributed by atoms with E-state index < -0.39 is 0 Å². The maximum atomic E-state index is 6.54. The molecule has 0 saturated carbocycles. The third kappa shape index (κ3) is 7.26. The number of benzene rings is 4. The maximum Gasteiger partial charge on any atom is 0.134 e. The van der Waals surface area contributed by atoms with E-state index in [4.69, 9.17) is 38.7 Å². The molecule has 0 radical (unpaired) electrons. The van der Waals surface area contributed by atoms with Gasteiger partial charge < -0.3 is 18.9 Å². The van der Waals surface area contributed by atoms with E-state index in [1.165, 1.54) is 0 Å². The molecule has 292 valence electrons. The zero-order chi connectivity index (χ0) is 41.2. The number of methoxy groups -OCH3 is 4. The molecule has 0 aliphatic heterocycles. The maximum absolute atomic E-state index is 6.54. The van der Waals surface area contributed by atoms with Gasteiger partial charge in [-0.3, -0.25) is 0 Å². The molecule has 4 aromatic carbocycles. The predicted octanol–water partition coefficient (Wildman–Crippen LogP) is 13.0. The molecule has 0 amide bonds. The third-order valence-corrected chi connectivity index (χ3v) is 11.1. The third-order valence-electron chi connectivity index (χ3n) is 11.1. The number of ether oxygens (including phenoxy) is 4. The van der Waals surface area contributed by atoms with Crippen LogP contribution >= 0.6 is 0 Å². The Morgan fingerprint density at radius 3 is 0.873 bits per heavy atom. The summed E-state index contributed by atoms with van der Waals surface area (Å²) in [6.45, 7) is 41.4. The van der Waals surface area contributed by atoms with Crippen LogP contribution in [0.5, 0.6) is 23.0 Å².